The molecule has 0 spiro atoms. The first kappa shape index (κ1) is 16.2. The van der Waals surface area contributed by atoms with Gasteiger partial charge in [-0.3, -0.25) is 0 Å². The number of hydrogen-bond acceptors (Lipinski definition) is 4. The molecular formula is C16H21NO2S2. The maximum Gasteiger partial charge on any atom is 0.175 e. The van der Waals surface area contributed by atoms with E-state index in [1.54, 1.807) is 23.5 Å². The Labute approximate surface area is 130 Å². The standard InChI is InChI=1S/C16H21NO2S2/c1-5-17-16(15-10-11(2)20-12(15)3)13-6-8-14(9-7-13)21(4,18)19/h6-10,16-17H,5H2,1-4H3. The van der Waals surface area contributed by atoms with Crippen molar-refractivity contribution < 1.29 is 8.42 Å². The zero-order valence-corrected chi connectivity index (χ0v) is 14.4. The average molecular weight is 323 g/mol. The molecule has 21 heavy (non-hydrogen) atoms. The van der Waals surface area contributed by atoms with E-state index in [1.165, 1.54) is 21.6 Å². The summed E-state index contributed by atoms with van der Waals surface area (Å²) in [5.41, 5.74) is 2.36. The predicted octanol–water partition coefficient (Wildman–Crippen LogP) is 3.47. The van der Waals surface area contributed by atoms with Gasteiger partial charge in [-0.1, -0.05) is 19.1 Å². The highest BCUT2D eigenvalue weighted by atomic mass is 32.2. The fourth-order valence-electron chi connectivity index (χ4n) is 2.46. The Morgan fingerprint density at radius 3 is 2.24 bits per heavy atom. The van der Waals surface area contributed by atoms with Crippen LogP contribution in [0, 0.1) is 13.8 Å². The highest BCUT2D eigenvalue weighted by Gasteiger charge is 2.18. The Kier molecular flexibility index (Phi) is 4.86. The largest absolute Gasteiger partial charge is 0.306 e. The fraction of sp³-hybridized carbons (Fsp3) is 0.375. The van der Waals surface area contributed by atoms with Gasteiger partial charge in [0.25, 0.3) is 0 Å². The molecule has 114 valence electrons. The molecule has 0 aliphatic heterocycles. The van der Waals surface area contributed by atoms with Gasteiger partial charge in [0.05, 0.1) is 10.9 Å². The van der Waals surface area contributed by atoms with Crippen molar-refractivity contribution in [3.05, 3.63) is 51.2 Å². The van der Waals surface area contributed by atoms with E-state index in [4.69, 9.17) is 0 Å². The van der Waals surface area contributed by atoms with Crippen LogP contribution in [0.1, 0.15) is 33.8 Å². The number of aryl methyl sites for hydroxylation is 2. The molecule has 0 aliphatic rings. The molecule has 0 fully saturated rings. The summed E-state index contributed by atoms with van der Waals surface area (Å²) in [7, 11) is -3.14. The van der Waals surface area contributed by atoms with Crippen molar-refractivity contribution in [3.8, 4) is 0 Å². The van der Waals surface area contributed by atoms with E-state index >= 15 is 0 Å². The van der Waals surface area contributed by atoms with Crippen molar-refractivity contribution in [1.29, 1.82) is 0 Å². The highest BCUT2D eigenvalue weighted by Crippen LogP contribution is 2.31. The molecule has 0 amide bonds. The minimum atomic E-state index is -3.14. The lowest BCUT2D eigenvalue weighted by Crippen LogP contribution is -2.22. The van der Waals surface area contributed by atoms with Crippen LogP contribution in [-0.4, -0.2) is 21.2 Å². The quantitative estimate of drug-likeness (QED) is 0.916. The van der Waals surface area contributed by atoms with Crippen molar-refractivity contribution >= 4 is 21.2 Å². The second kappa shape index (κ2) is 6.30. The van der Waals surface area contributed by atoms with Crippen LogP contribution in [0.15, 0.2) is 35.2 Å². The molecule has 1 unspecified atom stereocenters. The Bertz CT molecular complexity index is 715. The van der Waals surface area contributed by atoms with Crippen LogP contribution in [0.2, 0.25) is 0 Å². The molecule has 0 radical (unpaired) electrons. The molecule has 0 saturated heterocycles. The summed E-state index contributed by atoms with van der Waals surface area (Å²) in [6.45, 7) is 7.17. The van der Waals surface area contributed by atoms with Gasteiger partial charge in [0.2, 0.25) is 0 Å². The molecule has 3 nitrogen and oxygen atoms in total. The first-order valence-electron chi connectivity index (χ1n) is 6.93. The Balaban J connectivity index is 2.41. The number of sulfone groups is 1. The smallest absolute Gasteiger partial charge is 0.175 e. The third kappa shape index (κ3) is 3.73. The molecule has 1 aromatic heterocycles. The van der Waals surface area contributed by atoms with Gasteiger partial charge in [-0.25, -0.2) is 8.42 Å². The molecule has 1 aromatic carbocycles. The summed E-state index contributed by atoms with van der Waals surface area (Å²) in [4.78, 5) is 2.95. The Morgan fingerprint density at radius 2 is 1.81 bits per heavy atom. The summed E-state index contributed by atoms with van der Waals surface area (Å²) >= 11 is 1.79. The van der Waals surface area contributed by atoms with Crippen molar-refractivity contribution in [2.45, 2.75) is 31.7 Å². The SMILES string of the molecule is CCNC(c1ccc(S(C)(=O)=O)cc1)c1cc(C)sc1C. The molecule has 1 N–H and O–H groups in total. The van der Waals surface area contributed by atoms with E-state index < -0.39 is 9.84 Å². The van der Waals surface area contributed by atoms with Gasteiger partial charge in [0, 0.05) is 16.0 Å². The van der Waals surface area contributed by atoms with Crippen molar-refractivity contribution in [2.75, 3.05) is 12.8 Å². The Hall–Kier alpha value is -1.17. The van der Waals surface area contributed by atoms with Crippen LogP contribution < -0.4 is 5.32 Å². The summed E-state index contributed by atoms with van der Waals surface area (Å²) in [5, 5.41) is 3.48. The fourth-order valence-corrected chi connectivity index (χ4v) is 4.05. The topological polar surface area (TPSA) is 46.2 Å². The molecule has 5 heteroatoms. The highest BCUT2D eigenvalue weighted by molar-refractivity contribution is 7.90. The minimum absolute atomic E-state index is 0.105. The third-order valence-electron chi connectivity index (χ3n) is 3.44. The molecule has 1 heterocycles. The van der Waals surface area contributed by atoms with Gasteiger partial charge in [-0.05, 0) is 49.7 Å². The van der Waals surface area contributed by atoms with Crippen molar-refractivity contribution in [2.24, 2.45) is 0 Å². The summed E-state index contributed by atoms with van der Waals surface area (Å²) in [6, 6.07) is 9.48. The van der Waals surface area contributed by atoms with Crippen LogP contribution in [0.25, 0.3) is 0 Å². The normalized spacial score (nSPS) is 13.3. The maximum absolute atomic E-state index is 11.6. The van der Waals surface area contributed by atoms with E-state index in [-0.39, 0.29) is 6.04 Å². The van der Waals surface area contributed by atoms with Crippen LogP contribution in [-0.2, 0) is 9.84 Å². The third-order valence-corrected chi connectivity index (χ3v) is 5.55. The number of thiophene rings is 1. The van der Waals surface area contributed by atoms with E-state index in [0.29, 0.717) is 4.90 Å². The molecule has 2 aromatic rings. The van der Waals surface area contributed by atoms with E-state index in [0.717, 1.165) is 12.1 Å². The minimum Gasteiger partial charge on any atom is -0.306 e. The maximum atomic E-state index is 11.6. The lowest BCUT2D eigenvalue weighted by Gasteiger charge is -2.19. The van der Waals surface area contributed by atoms with Gasteiger partial charge in [-0.15, -0.1) is 11.3 Å². The summed E-state index contributed by atoms with van der Waals surface area (Å²) in [5.74, 6) is 0. The first-order chi connectivity index (χ1) is 9.82. The monoisotopic (exact) mass is 323 g/mol. The van der Waals surface area contributed by atoms with Crippen LogP contribution in [0.4, 0.5) is 0 Å². The van der Waals surface area contributed by atoms with Gasteiger partial charge in [-0.2, -0.15) is 0 Å². The lowest BCUT2D eigenvalue weighted by atomic mass is 9.99. The van der Waals surface area contributed by atoms with Crippen LogP contribution in [0.5, 0.6) is 0 Å². The van der Waals surface area contributed by atoms with Gasteiger partial charge >= 0.3 is 0 Å². The zero-order chi connectivity index (χ0) is 15.6. The second-order valence-electron chi connectivity index (χ2n) is 5.20. The molecule has 1 atom stereocenters. The van der Waals surface area contributed by atoms with Gasteiger partial charge < -0.3 is 5.32 Å². The molecule has 2 rings (SSSR count). The van der Waals surface area contributed by atoms with Crippen LogP contribution in [0.3, 0.4) is 0 Å². The van der Waals surface area contributed by atoms with Crippen LogP contribution >= 0.6 is 11.3 Å². The Morgan fingerprint density at radius 1 is 1.19 bits per heavy atom. The zero-order valence-electron chi connectivity index (χ0n) is 12.8. The second-order valence-corrected chi connectivity index (χ2v) is 8.68. The van der Waals surface area contributed by atoms with E-state index in [1.807, 2.05) is 12.1 Å². The number of rotatable bonds is 5. The van der Waals surface area contributed by atoms with Crippen molar-refractivity contribution in [3.63, 3.8) is 0 Å². The molecular weight excluding hydrogens is 302 g/mol. The number of hydrogen-bond donors (Lipinski definition) is 1. The van der Waals surface area contributed by atoms with Crippen molar-refractivity contribution in [1.82, 2.24) is 5.32 Å². The first-order valence-corrected chi connectivity index (χ1v) is 9.64. The number of nitrogens with one attached hydrogen (secondary N) is 1. The molecule has 0 saturated carbocycles. The predicted molar refractivity (Wildman–Crippen MR) is 88.9 cm³/mol. The molecule has 0 bridgehead atoms. The lowest BCUT2D eigenvalue weighted by molar-refractivity contribution is 0.601. The van der Waals surface area contributed by atoms with Gasteiger partial charge in [0.15, 0.2) is 9.84 Å². The van der Waals surface area contributed by atoms with E-state index in [9.17, 15) is 8.42 Å². The summed E-state index contributed by atoms with van der Waals surface area (Å²) in [6.07, 6.45) is 1.23. The molecule has 0 aliphatic carbocycles. The summed E-state index contributed by atoms with van der Waals surface area (Å²) < 4.78 is 23.1. The van der Waals surface area contributed by atoms with Gasteiger partial charge in [0.1, 0.15) is 0 Å². The van der Waals surface area contributed by atoms with E-state index in [2.05, 4.69) is 32.2 Å². The average Bonchev–Trinajstić information content (AvgIpc) is 2.74. The number of benzene rings is 1.